The van der Waals surface area contributed by atoms with E-state index in [1.54, 1.807) is 0 Å². The highest BCUT2D eigenvalue weighted by molar-refractivity contribution is 5.92. The summed E-state index contributed by atoms with van der Waals surface area (Å²) >= 11 is 0. The van der Waals surface area contributed by atoms with E-state index < -0.39 is 0 Å². The average molecular weight is 389 g/mol. The highest BCUT2D eigenvalue weighted by atomic mass is 16.5. The minimum atomic E-state index is -0.0340. The van der Waals surface area contributed by atoms with Gasteiger partial charge in [0.2, 0.25) is 5.91 Å². The maximum atomic E-state index is 11.8. The lowest BCUT2D eigenvalue weighted by molar-refractivity contribution is -0.118. The van der Waals surface area contributed by atoms with Gasteiger partial charge in [0.05, 0.1) is 0 Å². The van der Waals surface area contributed by atoms with Gasteiger partial charge in [-0.1, -0.05) is 55.8 Å². The van der Waals surface area contributed by atoms with E-state index in [1.807, 2.05) is 50.2 Å². The first-order valence-electron chi connectivity index (χ1n) is 9.92. The van der Waals surface area contributed by atoms with E-state index >= 15 is 0 Å². The third-order valence-electron chi connectivity index (χ3n) is 4.60. The van der Waals surface area contributed by atoms with Crippen LogP contribution in [0.3, 0.4) is 0 Å². The average Bonchev–Trinajstić information content (AvgIpc) is 2.73. The summed E-state index contributed by atoms with van der Waals surface area (Å²) in [6, 6.07) is 24.2. The Labute approximate surface area is 172 Å². The molecule has 29 heavy (non-hydrogen) atoms. The van der Waals surface area contributed by atoms with Gasteiger partial charge in [-0.3, -0.25) is 4.79 Å². The number of aryl methyl sites for hydroxylation is 1. The van der Waals surface area contributed by atoms with Crippen LogP contribution in [-0.4, -0.2) is 5.91 Å². The third kappa shape index (κ3) is 6.39. The lowest BCUT2D eigenvalue weighted by atomic mass is 10.1. The predicted molar refractivity (Wildman–Crippen MR) is 119 cm³/mol. The number of carbonyl (C=O) groups excluding carboxylic acids is 1. The Hall–Kier alpha value is -3.27. The quantitative estimate of drug-likeness (QED) is 0.514. The Kier molecular flexibility index (Phi) is 6.90. The van der Waals surface area contributed by atoms with Gasteiger partial charge >= 0.3 is 0 Å². The first kappa shape index (κ1) is 20.5. The largest absolute Gasteiger partial charge is 0.489 e. The molecule has 0 spiro atoms. The summed E-state index contributed by atoms with van der Waals surface area (Å²) in [5.74, 6) is 0.845. The van der Waals surface area contributed by atoms with E-state index in [-0.39, 0.29) is 11.8 Å². The Morgan fingerprint density at radius 1 is 0.897 bits per heavy atom. The monoisotopic (exact) mass is 388 g/mol. The number of carbonyl (C=O) groups is 1. The second-order valence-electron chi connectivity index (χ2n) is 7.50. The van der Waals surface area contributed by atoms with Gasteiger partial charge < -0.3 is 15.4 Å². The summed E-state index contributed by atoms with van der Waals surface area (Å²) in [5, 5.41) is 6.30. The molecule has 0 aromatic heterocycles. The van der Waals surface area contributed by atoms with Crippen molar-refractivity contribution in [3.05, 3.63) is 89.5 Å². The Bertz CT molecular complexity index is 932. The maximum absolute atomic E-state index is 11.8. The van der Waals surface area contributed by atoms with Crippen LogP contribution in [0.25, 0.3) is 0 Å². The van der Waals surface area contributed by atoms with Crippen LogP contribution in [0.2, 0.25) is 0 Å². The lowest BCUT2D eigenvalue weighted by Crippen LogP contribution is -2.17. The van der Waals surface area contributed by atoms with Crippen LogP contribution in [0.1, 0.15) is 30.5 Å². The molecule has 1 amide bonds. The van der Waals surface area contributed by atoms with Crippen LogP contribution in [0.4, 0.5) is 11.4 Å². The minimum Gasteiger partial charge on any atom is -0.489 e. The smallest absolute Gasteiger partial charge is 0.226 e. The fourth-order valence-corrected chi connectivity index (χ4v) is 2.76. The topological polar surface area (TPSA) is 50.4 Å². The number of rotatable bonds is 8. The van der Waals surface area contributed by atoms with Gasteiger partial charge in [-0.2, -0.15) is 0 Å². The van der Waals surface area contributed by atoms with E-state index in [9.17, 15) is 4.79 Å². The summed E-state index contributed by atoms with van der Waals surface area (Å²) in [7, 11) is 0. The SMILES string of the molecule is Cc1ccc(COc2cccc(CNc3ccc(NC(=O)C(C)C)cc3)c2)cc1. The van der Waals surface area contributed by atoms with Crippen molar-refractivity contribution in [3.63, 3.8) is 0 Å². The van der Waals surface area contributed by atoms with Crippen LogP contribution >= 0.6 is 0 Å². The van der Waals surface area contributed by atoms with Gasteiger partial charge in [0.15, 0.2) is 0 Å². The van der Waals surface area contributed by atoms with Crippen LogP contribution in [0, 0.1) is 12.8 Å². The summed E-state index contributed by atoms with van der Waals surface area (Å²) in [6.45, 7) is 7.09. The normalized spacial score (nSPS) is 10.6. The molecule has 3 rings (SSSR count). The molecule has 0 atom stereocenters. The van der Waals surface area contributed by atoms with E-state index in [0.29, 0.717) is 13.2 Å². The van der Waals surface area contributed by atoms with Gasteiger partial charge in [0.25, 0.3) is 0 Å². The molecule has 3 aromatic carbocycles. The molecule has 0 heterocycles. The number of ether oxygens (including phenoxy) is 1. The molecule has 0 radical (unpaired) electrons. The molecule has 0 bridgehead atoms. The van der Waals surface area contributed by atoms with Gasteiger partial charge in [-0.25, -0.2) is 0 Å². The van der Waals surface area contributed by atoms with E-state index in [2.05, 4.69) is 54.0 Å². The van der Waals surface area contributed by atoms with Crippen LogP contribution in [0.5, 0.6) is 5.75 Å². The molecule has 0 fully saturated rings. The molecule has 3 aromatic rings. The molecular formula is C25H28N2O2. The Balaban J connectivity index is 1.52. The Morgan fingerprint density at radius 3 is 2.28 bits per heavy atom. The molecule has 0 unspecified atom stereocenters. The van der Waals surface area contributed by atoms with Gasteiger partial charge in [-0.05, 0) is 54.4 Å². The number of anilines is 2. The summed E-state index contributed by atoms with van der Waals surface area (Å²) < 4.78 is 5.93. The molecule has 0 saturated carbocycles. The third-order valence-corrected chi connectivity index (χ3v) is 4.60. The predicted octanol–water partition coefficient (Wildman–Crippen LogP) is 5.78. The zero-order valence-electron chi connectivity index (χ0n) is 17.2. The summed E-state index contributed by atoms with van der Waals surface area (Å²) in [6.07, 6.45) is 0. The lowest BCUT2D eigenvalue weighted by Gasteiger charge is -2.11. The second kappa shape index (κ2) is 9.78. The molecule has 150 valence electrons. The van der Waals surface area contributed by atoms with Crippen molar-refractivity contribution in [2.24, 2.45) is 5.92 Å². The standard InChI is InChI=1S/C25H28N2O2/c1-18(2)25(28)27-23-13-11-22(12-14-23)26-16-21-5-4-6-24(15-21)29-17-20-9-7-19(3)8-10-20/h4-15,18,26H,16-17H2,1-3H3,(H,27,28). The zero-order chi connectivity index (χ0) is 20.6. The number of benzene rings is 3. The summed E-state index contributed by atoms with van der Waals surface area (Å²) in [5.41, 5.74) is 5.35. The highest BCUT2D eigenvalue weighted by Crippen LogP contribution is 2.18. The van der Waals surface area contributed by atoms with Crippen LogP contribution < -0.4 is 15.4 Å². The molecule has 0 saturated heterocycles. The van der Waals surface area contributed by atoms with Crippen LogP contribution in [-0.2, 0) is 17.9 Å². The van der Waals surface area contributed by atoms with Gasteiger partial charge in [0, 0.05) is 23.8 Å². The number of hydrogen-bond acceptors (Lipinski definition) is 3. The molecule has 4 heteroatoms. The molecule has 2 N–H and O–H groups in total. The van der Waals surface area contributed by atoms with Crippen molar-refractivity contribution in [3.8, 4) is 5.75 Å². The van der Waals surface area contributed by atoms with Crippen molar-refractivity contribution in [1.29, 1.82) is 0 Å². The van der Waals surface area contributed by atoms with E-state index in [0.717, 1.165) is 28.3 Å². The number of amides is 1. The first-order chi connectivity index (χ1) is 14.0. The van der Waals surface area contributed by atoms with Crippen molar-refractivity contribution in [2.75, 3.05) is 10.6 Å². The fraction of sp³-hybridized carbons (Fsp3) is 0.240. The van der Waals surface area contributed by atoms with Crippen LogP contribution in [0.15, 0.2) is 72.8 Å². The molecule has 4 nitrogen and oxygen atoms in total. The van der Waals surface area contributed by atoms with Gasteiger partial charge in [0.1, 0.15) is 12.4 Å². The van der Waals surface area contributed by atoms with Crippen molar-refractivity contribution in [1.82, 2.24) is 0 Å². The van der Waals surface area contributed by atoms with Crippen molar-refractivity contribution in [2.45, 2.75) is 33.9 Å². The minimum absolute atomic E-state index is 0.0214. The fourth-order valence-electron chi connectivity index (χ4n) is 2.76. The first-order valence-corrected chi connectivity index (χ1v) is 9.92. The maximum Gasteiger partial charge on any atom is 0.226 e. The van der Waals surface area contributed by atoms with Crippen molar-refractivity contribution < 1.29 is 9.53 Å². The van der Waals surface area contributed by atoms with E-state index in [4.69, 9.17) is 4.74 Å². The second-order valence-corrected chi connectivity index (χ2v) is 7.50. The summed E-state index contributed by atoms with van der Waals surface area (Å²) in [4.78, 5) is 11.8. The molecule has 0 aliphatic rings. The van der Waals surface area contributed by atoms with Gasteiger partial charge in [-0.15, -0.1) is 0 Å². The van der Waals surface area contributed by atoms with E-state index in [1.165, 1.54) is 5.56 Å². The number of nitrogens with one attached hydrogen (secondary N) is 2. The Morgan fingerprint density at radius 2 is 1.59 bits per heavy atom. The molecular weight excluding hydrogens is 360 g/mol. The molecule has 0 aliphatic heterocycles. The van der Waals surface area contributed by atoms with Crippen molar-refractivity contribution >= 4 is 17.3 Å². The number of hydrogen-bond donors (Lipinski definition) is 2. The zero-order valence-corrected chi connectivity index (χ0v) is 17.2. The highest BCUT2D eigenvalue weighted by Gasteiger charge is 2.06. The molecule has 0 aliphatic carbocycles.